The van der Waals surface area contributed by atoms with Gasteiger partial charge in [0.2, 0.25) is 0 Å². The number of aromatic nitrogens is 2. The molecule has 2 aromatic rings. The highest BCUT2D eigenvalue weighted by atomic mass is 32.1. The third-order valence-corrected chi connectivity index (χ3v) is 4.99. The molecule has 2 amide bonds. The second-order valence-electron chi connectivity index (χ2n) is 6.30. The lowest BCUT2D eigenvalue weighted by Crippen LogP contribution is -2.47. The Balaban J connectivity index is 1.86. The number of hydrogen-bond acceptors (Lipinski definition) is 6. The molecule has 1 fully saturated rings. The Morgan fingerprint density at radius 1 is 1.42 bits per heavy atom. The molecule has 7 nitrogen and oxygen atoms in total. The average Bonchev–Trinajstić information content (AvgIpc) is 3.36. The van der Waals surface area contributed by atoms with Crippen LogP contribution in [0.1, 0.15) is 54.4 Å². The van der Waals surface area contributed by atoms with Gasteiger partial charge in [-0.05, 0) is 36.5 Å². The Kier molecular flexibility index (Phi) is 6.17. The molecule has 0 aliphatic heterocycles. The molecular weight excluding hydrogens is 352 g/mol. The highest BCUT2D eigenvalue weighted by Gasteiger charge is 2.35. The van der Waals surface area contributed by atoms with E-state index in [2.05, 4.69) is 21.5 Å². The zero-order chi connectivity index (χ0) is 18.4. The first kappa shape index (κ1) is 18.3. The average molecular weight is 374 g/mol. The van der Waals surface area contributed by atoms with Gasteiger partial charge in [0.1, 0.15) is 5.76 Å². The Morgan fingerprint density at radius 3 is 2.85 bits per heavy atom. The van der Waals surface area contributed by atoms with Crippen molar-refractivity contribution in [1.82, 2.24) is 19.8 Å². The number of carbonyl (C=O) groups excluding carboxylic acids is 2. The van der Waals surface area contributed by atoms with Gasteiger partial charge in [0.15, 0.2) is 11.7 Å². The molecule has 2 heterocycles. The number of carbonyl (C=O) groups is 2. The molecule has 138 valence electrons. The number of nitrogens with zero attached hydrogens (tertiary/aromatic N) is 3. The van der Waals surface area contributed by atoms with E-state index in [4.69, 9.17) is 4.42 Å². The van der Waals surface area contributed by atoms with Gasteiger partial charge in [-0.1, -0.05) is 29.8 Å². The molecule has 26 heavy (non-hydrogen) atoms. The first-order valence-electron chi connectivity index (χ1n) is 8.73. The van der Waals surface area contributed by atoms with Crippen LogP contribution in [-0.4, -0.2) is 38.9 Å². The summed E-state index contributed by atoms with van der Waals surface area (Å²) in [7, 11) is 0. The predicted molar refractivity (Wildman–Crippen MR) is 97.6 cm³/mol. The molecule has 1 atom stereocenters. The SMILES string of the molecule is C=CCN(C(=O)c1csnn1)[C@H](C(=O)NC1CCCCC1)c1ccco1. The zero-order valence-electron chi connectivity index (χ0n) is 14.5. The van der Waals surface area contributed by atoms with E-state index in [1.807, 2.05) is 0 Å². The van der Waals surface area contributed by atoms with Crippen molar-refractivity contribution in [3.05, 3.63) is 47.9 Å². The van der Waals surface area contributed by atoms with Crippen LogP contribution in [0, 0.1) is 0 Å². The summed E-state index contributed by atoms with van der Waals surface area (Å²) in [5.74, 6) is -0.208. The van der Waals surface area contributed by atoms with Gasteiger partial charge in [-0.15, -0.1) is 11.7 Å². The number of hydrogen-bond donors (Lipinski definition) is 1. The van der Waals surface area contributed by atoms with Gasteiger partial charge in [0.25, 0.3) is 11.8 Å². The minimum atomic E-state index is -0.876. The number of nitrogens with one attached hydrogen (secondary N) is 1. The Hall–Kier alpha value is -2.48. The van der Waals surface area contributed by atoms with Crippen molar-refractivity contribution in [3.63, 3.8) is 0 Å². The minimum absolute atomic E-state index is 0.135. The van der Waals surface area contributed by atoms with Crippen molar-refractivity contribution >= 4 is 23.3 Å². The number of rotatable bonds is 7. The van der Waals surface area contributed by atoms with Crippen LogP contribution in [-0.2, 0) is 4.79 Å². The van der Waals surface area contributed by atoms with Crippen molar-refractivity contribution in [3.8, 4) is 0 Å². The van der Waals surface area contributed by atoms with Crippen molar-refractivity contribution in [2.24, 2.45) is 0 Å². The van der Waals surface area contributed by atoms with E-state index in [0.29, 0.717) is 5.76 Å². The zero-order valence-corrected chi connectivity index (χ0v) is 15.3. The molecule has 1 saturated carbocycles. The van der Waals surface area contributed by atoms with E-state index in [1.54, 1.807) is 23.6 Å². The molecule has 0 spiro atoms. The minimum Gasteiger partial charge on any atom is -0.467 e. The van der Waals surface area contributed by atoms with E-state index in [0.717, 1.165) is 37.2 Å². The van der Waals surface area contributed by atoms with Crippen LogP contribution in [0.15, 0.2) is 40.8 Å². The van der Waals surface area contributed by atoms with Crippen molar-refractivity contribution in [2.75, 3.05) is 6.54 Å². The highest BCUT2D eigenvalue weighted by molar-refractivity contribution is 7.03. The second kappa shape index (κ2) is 8.75. The number of furan rings is 1. The lowest BCUT2D eigenvalue weighted by molar-refractivity contribution is -0.127. The fraction of sp³-hybridized carbons (Fsp3) is 0.444. The molecule has 0 aromatic carbocycles. The Morgan fingerprint density at radius 2 is 2.23 bits per heavy atom. The summed E-state index contributed by atoms with van der Waals surface area (Å²) >= 11 is 1.09. The lowest BCUT2D eigenvalue weighted by Gasteiger charge is -2.30. The molecule has 1 N–H and O–H groups in total. The molecule has 0 saturated heterocycles. The largest absolute Gasteiger partial charge is 0.467 e. The molecule has 1 aliphatic rings. The molecule has 0 bridgehead atoms. The standard InChI is InChI=1S/C18H22N4O3S/c1-2-10-22(18(24)14-12-26-21-20-14)16(15-9-6-11-25-15)17(23)19-13-7-4-3-5-8-13/h2,6,9,11-13,16H,1,3-5,7-8,10H2,(H,19,23)/t16-/m0/s1. The summed E-state index contributed by atoms with van der Waals surface area (Å²) in [6.45, 7) is 3.91. The summed E-state index contributed by atoms with van der Waals surface area (Å²) in [4.78, 5) is 27.4. The molecule has 3 rings (SSSR count). The maximum Gasteiger partial charge on any atom is 0.276 e. The normalized spacial score (nSPS) is 16.0. The summed E-state index contributed by atoms with van der Waals surface area (Å²) in [6.07, 6.45) is 8.42. The summed E-state index contributed by atoms with van der Waals surface area (Å²) in [6, 6.07) is 2.67. The van der Waals surface area contributed by atoms with Gasteiger partial charge in [-0.3, -0.25) is 9.59 Å². The maximum atomic E-state index is 13.1. The smallest absolute Gasteiger partial charge is 0.276 e. The van der Waals surface area contributed by atoms with Crippen LogP contribution in [0.2, 0.25) is 0 Å². The van der Waals surface area contributed by atoms with Gasteiger partial charge in [0, 0.05) is 18.0 Å². The van der Waals surface area contributed by atoms with Crippen LogP contribution in [0.3, 0.4) is 0 Å². The first-order chi connectivity index (χ1) is 12.7. The summed E-state index contributed by atoms with van der Waals surface area (Å²) < 4.78 is 9.22. The highest BCUT2D eigenvalue weighted by Crippen LogP contribution is 2.25. The lowest BCUT2D eigenvalue weighted by atomic mass is 9.95. The number of amides is 2. The van der Waals surface area contributed by atoms with Crippen molar-refractivity contribution in [1.29, 1.82) is 0 Å². The summed E-state index contributed by atoms with van der Waals surface area (Å²) in [5, 5.41) is 8.49. The van der Waals surface area contributed by atoms with Gasteiger partial charge in [-0.25, -0.2) is 0 Å². The van der Waals surface area contributed by atoms with Crippen LogP contribution in [0.25, 0.3) is 0 Å². The topological polar surface area (TPSA) is 88.3 Å². The molecule has 1 aliphatic carbocycles. The molecule has 0 radical (unpaired) electrons. The maximum absolute atomic E-state index is 13.1. The van der Waals surface area contributed by atoms with Gasteiger partial charge in [0.05, 0.1) is 6.26 Å². The summed E-state index contributed by atoms with van der Waals surface area (Å²) in [5.41, 5.74) is 0.207. The molecular formula is C18H22N4O3S. The monoisotopic (exact) mass is 374 g/mol. The van der Waals surface area contributed by atoms with Crippen LogP contribution >= 0.6 is 11.5 Å². The van der Waals surface area contributed by atoms with E-state index >= 15 is 0 Å². The quantitative estimate of drug-likeness (QED) is 0.753. The van der Waals surface area contributed by atoms with E-state index in [1.165, 1.54) is 17.6 Å². The molecule has 2 aromatic heterocycles. The van der Waals surface area contributed by atoms with E-state index in [-0.39, 0.29) is 30.1 Å². The van der Waals surface area contributed by atoms with Crippen LogP contribution < -0.4 is 5.32 Å². The van der Waals surface area contributed by atoms with E-state index in [9.17, 15) is 9.59 Å². The van der Waals surface area contributed by atoms with Crippen molar-refractivity contribution < 1.29 is 14.0 Å². The Labute approximate surface area is 156 Å². The second-order valence-corrected chi connectivity index (χ2v) is 6.91. The Bertz CT molecular complexity index is 724. The van der Waals surface area contributed by atoms with Crippen LogP contribution in [0.4, 0.5) is 0 Å². The predicted octanol–water partition coefficient (Wildman–Crippen LogP) is 2.95. The third-order valence-electron chi connectivity index (χ3n) is 4.49. The van der Waals surface area contributed by atoms with Gasteiger partial charge in [-0.2, -0.15) is 0 Å². The fourth-order valence-corrected chi connectivity index (χ4v) is 3.68. The van der Waals surface area contributed by atoms with Gasteiger partial charge < -0.3 is 14.6 Å². The van der Waals surface area contributed by atoms with Gasteiger partial charge >= 0.3 is 0 Å². The molecule has 0 unspecified atom stereocenters. The third kappa shape index (κ3) is 4.19. The first-order valence-corrected chi connectivity index (χ1v) is 9.57. The van der Waals surface area contributed by atoms with E-state index < -0.39 is 6.04 Å². The van der Waals surface area contributed by atoms with Crippen molar-refractivity contribution in [2.45, 2.75) is 44.2 Å². The fourth-order valence-electron chi connectivity index (χ4n) is 3.25. The molecule has 8 heteroatoms. The van der Waals surface area contributed by atoms with Crippen LogP contribution in [0.5, 0.6) is 0 Å².